The molecule has 3 nitrogen and oxygen atoms in total. The van der Waals surface area contributed by atoms with Gasteiger partial charge in [0.2, 0.25) is 0 Å². The maximum atomic E-state index is 6.63. The molecule has 2 aromatic carbocycles. The minimum atomic E-state index is 0.434. The summed E-state index contributed by atoms with van der Waals surface area (Å²) < 4.78 is 0. The first kappa shape index (κ1) is 21.6. The van der Waals surface area contributed by atoms with Crippen LogP contribution >= 0.6 is 11.6 Å². The molecule has 1 fully saturated rings. The average molecular weight is 432 g/mol. The highest BCUT2D eigenvalue weighted by Gasteiger charge is 2.35. The van der Waals surface area contributed by atoms with Gasteiger partial charge in [-0.2, -0.15) is 0 Å². The van der Waals surface area contributed by atoms with Crippen LogP contribution < -0.4 is 4.90 Å². The molecule has 1 aliphatic heterocycles. The van der Waals surface area contributed by atoms with Crippen molar-refractivity contribution in [2.24, 2.45) is 16.8 Å². The number of hydrogen-bond donors (Lipinski definition) is 0. The molecule has 1 atom stereocenters. The molecular formula is C27H30ClN3. The fourth-order valence-electron chi connectivity index (χ4n) is 4.31. The van der Waals surface area contributed by atoms with E-state index in [1.807, 2.05) is 12.3 Å². The molecule has 0 bridgehead atoms. The van der Waals surface area contributed by atoms with Crippen molar-refractivity contribution in [3.8, 4) is 11.1 Å². The van der Waals surface area contributed by atoms with Crippen LogP contribution in [0.5, 0.6) is 0 Å². The van der Waals surface area contributed by atoms with Crippen molar-refractivity contribution in [1.29, 1.82) is 0 Å². The lowest BCUT2D eigenvalue weighted by Crippen LogP contribution is -2.52. The van der Waals surface area contributed by atoms with Crippen LogP contribution in [0.2, 0.25) is 5.02 Å². The van der Waals surface area contributed by atoms with Crippen molar-refractivity contribution in [2.75, 3.05) is 18.0 Å². The highest BCUT2D eigenvalue weighted by molar-refractivity contribution is 6.34. The number of aryl methyl sites for hydroxylation is 2. The molecule has 1 aliphatic rings. The minimum absolute atomic E-state index is 0.434. The summed E-state index contributed by atoms with van der Waals surface area (Å²) >= 11 is 6.63. The lowest BCUT2D eigenvalue weighted by molar-refractivity contribution is 0.497. The monoisotopic (exact) mass is 431 g/mol. The third-order valence-electron chi connectivity index (χ3n) is 6.29. The molecular weight excluding hydrogens is 402 g/mol. The van der Waals surface area contributed by atoms with E-state index in [-0.39, 0.29) is 0 Å². The van der Waals surface area contributed by atoms with Crippen LogP contribution in [0.3, 0.4) is 0 Å². The van der Waals surface area contributed by atoms with Crippen molar-refractivity contribution in [3.63, 3.8) is 0 Å². The lowest BCUT2D eigenvalue weighted by Gasteiger charge is -2.44. The summed E-state index contributed by atoms with van der Waals surface area (Å²) in [6.07, 6.45) is 4.75. The molecule has 2 heterocycles. The predicted molar refractivity (Wildman–Crippen MR) is 133 cm³/mol. The highest BCUT2D eigenvalue weighted by Crippen LogP contribution is 2.40. The summed E-state index contributed by atoms with van der Waals surface area (Å²) in [4.78, 5) is 11.9. The van der Waals surface area contributed by atoms with Gasteiger partial charge in [-0.1, -0.05) is 73.5 Å². The molecule has 3 aromatic rings. The first-order valence-electron chi connectivity index (χ1n) is 11.1. The van der Waals surface area contributed by atoms with Crippen molar-refractivity contribution in [3.05, 3.63) is 77.1 Å². The van der Waals surface area contributed by atoms with E-state index in [0.717, 1.165) is 42.0 Å². The van der Waals surface area contributed by atoms with Crippen LogP contribution in [0.15, 0.2) is 65.9 Å². The summed E-state index contributed by atoms with van der Waals surface area (Å²) in [5.41, 5.74) is 8.21. The quantitative estimate of drug-likeness (QED) is 0.384. The van der Waals surface area contributed by atoms with E-state index >= 15 is 0 Å². The van der Waals surface area contributed by atoms with Crippen LogP contribution in [0.25, 0.3) is 11.1 Å². The number of aromatic nitrogens is 1. The Morgan fingerprint density at radius 2 is 1.87 bits per heavy atom. The fourth-order valence-corrected chi connectivity index (χ4v) is 4.59. The summed E-state index contributed by atoms with van der Waals surface area (Å²) in [6.45, 7) is 10.7. The van der Waals surface area contributed by atoms with E-state index in [1.165, 1.54) is 16.8 Å². The smallest absolute Gasteiger partial charge is 0.0829 e. The topological polar surface area (TPSA) is 28.5 Å². The standard InChI is InChI=1S/C27H30ClN3/c1-5-19(3)26(30-25-12-11-18(2)13-20(25)4)22-16-31(17-22)27-23(14-29-15-24(27)28)21-9-7-6-8-10-21/h6-15,19,22H,5,16-17H2,1-4H3. The molecule has 4 heteroatoms. The third kappa shape index (κ3) is 4.52. The largest absolute Gasteiger partial charge is 0.368 e. The molecule has 0 saturated carbocycles. The summed E-state index contributed by atoms with van der Waals surface area (Å²) in [5.74, 6) is 0.887. The Kier molecular flexibility index (Phi) is 6.43. The normalized spacial score (nSPS) is 15.6. The van der Waals surface area contributed by atoms with E-state index in [4.69, 9.17) is 16.6 Å². The zero-order valence-electron chi connectivity index (χ0n) is 18.8. The number of pyridine rings is 1. The van der Waals surface area contributed by atoms with E-state index in [2.05, 4.69) is 80.0 Å². The molecule has 0 spiro atoms. The maximum Gasteiger partial charge on any atom is 0.0829 e. The molecule has 0 aliphatic carbocycles. The van der Waals surface area contributed by atoms with E-state index < -0.39 is 0 Å². The van der Waals surface area contributed by atoms with Gasteiger partial charge in [0.05, 0.1) is 16.4 Å². The zero-order valence-corrected chi connectivity index (χ0v) is 19.5. The van der Waals surface area contributed by atoms with Crippen LogP contribution in [0.1, 0.15) is 31.4 Å². The fraction of sp³-hybridized carbons (Fsp3) is 0.333. The molecule has 0 amide bonds. The van der Waals surface area contributed by atoms with Gasteiger partial charge >= 0.3 is 0 Å². The zero-order chi connectivity index (χ0) is 22.0. The molecule has 160 valence electrons. The van der Waals surface area contributed by atoms with Gasteiger partial charge in [0.15, 0.2) is 0 Å². The van der Waals surface area contributed by atoms with Crippen molar-refractivity contribution < 1.29 is 0 Å². The van der Waals surface area contributed by atoms with Gasteiger partial charge in [-0.15, -0.1) is 0 Å². The molecule has 4 rings (SSSR count). The van der Waals surface area contributed by atoms with Gasteiger partial charge < -0.3 is 4.90 Å². The first-order chi connectivity index (χ1) is 15.0. The van der Waals surface area contributed by atoms with Gasteiger partial charge in [-0.05, 0) is 43.4 Å². The number of rotatable bonds is 6. The second kappa shape index (κ2) is 9.23. The lowest BCUT2D eigenvalue weighted by atomic mass is 9.85. The Morgan fingerprint density at radius 3 is 2.55 bits per heavy atom. The summed E-state index contributed by atoms with van der Waals surface area (Å²) in [7, 11) is 0. The third-order valence-corrected chi connectivity index (χ3v) is 6.57. The molecule has 0 N–H and O–H groups in total. The average Bonchev–Trinajstić information content (AvgIpc) is 2.74. The van der Waals surface area contributed by atoms with Gasteiger partial charge in [-0.3, -0.25) is 9.98 Å². The van der Waals surface area contributed by atoms with Crippen molar-refractivity contribution in [1.82, 2.24) is 4.98 Å². The second-order valence-electron chi connectivity index (χ2n) is 8.62. The molecule has 1 saturated heterocycles. The number of halogens is 1. The Morgan fingerprint density at radius 1 is 1.13 bits per heavy atom. The number of benzene rings is 2. The van der Waals surface area contributed by atoms with Crippen molar-refractivity contribution in [2.45, 2.75) is 34.1 Å². The number of anilines is 1. The second-order valence-corrected chi connectivity index (χ2v) is 9.03. The molecule has 0 radical (unpaired) electrons. The Labute approximate surface area is 190 Å². The number of hydrogen-bond acceptors (Lipinski definition) is 3. The Balaban J connectivity index is 1.62. The Bertz CT molecular complexity index is 1080. The first-order valence-corrected chi connectivity index (χ1v) is 11.4. The maximum absolute atomic E-state index is 6.63. The summed E-state index contributed by atoms with van der Waals surface area (Å²) in [5, 5.41) is 0.705. The highest BCUT2D eigenvalue weighted by atomic mass is 35.5. The van der Waals surface area contributed by atoms with E-state index in [9.17, 15) is 0 Å². The minimum Gasteiger partial charge on any atom is -0.368 e. The van der Waals surface area contributed by atoms with Gasteiger partial charge in [0.1, 0.15) is 0 Å². The SMILES string of the molecule is CCC(C)C(=Nc1ccc(C)cc1C)C1CN(c2c(Cl)cncc2-c2ccccc2)C1. The summed E-state index contributed by atoms with van der Waals surface area (Å²) in [6, 6.07) is 16.9. The van der Waals surface area contributed by atoms with Crippen molar-refractivity contribution >= 4 is 28.7 Å². The van der Waals surface area contributed by atoms with Crippen LogP contribution in [0, 0.1) is 25.7 Å². The van der Waals surface area contributed by atoms with E-state index in [0.29, 0.717) is 16.9 Å². The molecule has 1 unspecified atom stereocenters. The van der Waals surface area contributed by atoms with E-state index in [1.54, 1.807) is 6.20 Å². The van der Waals surface area contributed by atoms with Crippen LogP contribution in [-0.4, -0.2) is 23.8 Å². The molecule has 31 heavy (non-hydrogen) atoms. The number of nitrogens with zero attached hydrogens (tertiary/aromatic N) is 3. The van der Waals surface area contributed by atoms with Gasteiger partial charge in [0.25, 0.3) is 0 Å². The number of aliphatic imine (C=N–C) groups is 1. The van der Waals surface area contributed by atoms with Crippen LogP contribution in [-0.2, 0) is 0 Å². The molecule has 1 aromatic heterocycles. The predicted octanol–water partition coefficient (Wildman–Crippen LogP) is 7.27. The van der Waals surface area contributed by atoms with Gasteiger partial charge in [0, 0.05) is 42.7 Å². The van der Waals surface area contributed by atoms with Crippen LogP contribution in [0.4, 0.5) is 11.4 Å². The van der Waals surface area contributed by atoms with Gasteiger partial charge in [-0.25, -0.2) is 0 Å². The Hall–Kier alpha value is -2.65.